The Morgan fingerprint density at radius 1 is 1.23 bits per heavy atom. The van der Waals surface area contributed by atoms with Crippen LogP contribution in [0.1, 0.15) is 38.3 Å². The van der Waals surface area contributed by atoms with Gasteiger partial charge in [0.25, 0.3) is 0 Å². The summed E-state index contributed by atoms with van der Waals surface area (Å²) in [6.45, 7) is 3.84. The van der Waals surface area contributed by atoms with Crippen molar-refractivity contribution in [1.29, 1.82) is 0 Å². The van der Waals surface area contributed by atoms with Crippen molar-refractivity contribution in [2.45, 2.75) is 38.3 Å². The molecule has 2 saturated heterocycles. The predicted octanol–water partition coefficient (Wildman–Crippen LogP) is 1.37. The van der Waals surface area contributed by atoms with E-state index in [0.29, 0.717) is 12.8 Å². The van der Waals surface area contributed by atoms with Gasteiger partial charge in [-0.15, -0.1) is 0 Å². The van der Waals surface area contributed by atoms with Crippen molar-refractivity contribution in [1.82, 2.24) is 10.2 Å². The van der Waals surface area contributed by atoms with Gasteiger partial charge in [-0.25, -0.2) is 0 Å². The Hall–Kier alpha value is -2.41. The molecule has 2 aliphatic rings. The number of carbonyl (C=O) groups is 3. The Morgan fingerprint density at radius 3 is 2.46 bits per heavy atom. The molecule has 0 aromatic heterocycles. The first kappa shape index (κ1) is 18.4. The highest BCUT2D eigenvalue weighted by molar-refractivity contribution is 6.09. The lowest BCUT2D eigenvalue weighted by atomic mass is 9.77. The van der Waals surface area contributed by atoms with E-state index >= 15 is 0 Å². The van der Waals surface area contributed by atoms with Gasteiger partial charge >= 0.3 is 5.97 Å². The molecule has 1 aromatic carbocycles. The molecule has 2 fully saturated rings. The van der Waals surface area contributed by atoms with E-state index in [0.717, 1.165) is 10.5 Å². The first-order valence-corrected chi connectivity index (χ1v) is 8.92. The number of imide groups is 1. The number of benzene rings is 1. The predicted molar refractivity (Wildman–Crippen MR) is 93.0 cm³/mol. The van der Waals surface area contributed by atoms with Crippen LogP contribution < -0.4 is 5.32 Å². The fourth-order valence-electron chi connectivity index (χ4n) is 4.29. The first-order valence-electron chi connectivity index (χ1n) is 8.92. The van der Waals surface area contributed by atoms with Crippen LogP contribution in [0.15, 0.2) is 24.3 Å². The number of hydrogen-bond acceptors (Lipinski definition) is 6. The van der Waals surface area contributed by atoms with E-state index in [1.54, 1.807) is 19.1 Å². The minimum atomic E-state index is -1.23. The van der Waals surface area contributed by atoms with E-state index in [4.69, 9.17) is 4.74 Å². The van der Waals surface area contributed by atoms with Crippen molar-refractivity contribution in [2.24, 2.45) is 11.8 Å². The van der Waals surface area contributed by atoms with E-state index in [2.05, 4.69) is 5.32 Å². The molecule has 0 aliphatic carbocycles. The second-order valence-electron chi connectivity index (χ2n) is 6.89. The molecule has 140 valence electrons. The Labute approximate surface area is 152 Å². The van der Waals surface area contributed by atoms with Crippen LogP contribution in [0.3, 0.4) is 0 Å². The molecule has 3 rings (SSSR count). The Kier molecular flexibility index (Phi) is 4.75. The van der Waals surface area contributed by atoms with Crippen molar-refractivity contribution in [2.75, 3.05) is 13.7 Å². The zero-order valence-corrected chi connectivity index (χ0v) is 15.2. The Morgan fingerprint density at radius 2 is 1.88 bits per heavy atom. The van der Waals surface area contributed by atoms with Gasteiger partial charge in [-0.1, -0.05) is 25.5 Å². The maximum atomic E-state index is 12.9. The molecule has 2 amide bonds. The highest BCUT2D eigenvalue weighted by atomic mass is 16.5. The van der Waals surface area contributed by atoms with Gasteiger partial charge in [-0.05, 0) is 31.0 Å². The quantitative estimate of drug-likeness (QED) is 0.608. The molecule has 0 spiro atoms. The summed E-state index contributed by atoms with van der Waals surface area (Å²) in [6, 6.07) is 5.96. The number of carbonyl (C=O) groups excluding carboxylic acids is 3. The van der Waals surface area contributed by atoms with Crippen molar-refractivity contribution in [3.8, 4) is 5.75 Å². The molecular formula is C19H24N2O5. The largest absolute Gasteiger partial charge is 0.508 e. The molecule has 0 saturated carbocycles. The standard InChI is InChI=1S/C19H24N2O5/c1-4-10-19(18(25)26-5-2)14-13(16(23)21(3)17(14)24)15(20-19)11-6-8-12(22)9-7-11/h6-9,13-15,20,22H,4-5,10H2,1-3H3/t13-,14+,15-,19+/m1/s1. The number of esters is 1. The van der Waals surface area contributed by atoms with Gasteiger partial charge in [0.05, 0.1) is 18.4 Å². The van der Waals surface area contributed by atoms with Crippen LogP contribution in [-0.2, 0) is 19.1 Å². The number of amides is 2. The summed E-state index contributed by atoms with van der Waals surface area (Å²) in [5, 5.41) is 12.8. The third-order valence-corrected chi connectivity index (χ3v) is 5.41. The molecule has 2 aliphatic heterocycles. The molecular weight excluding hydrogens is 336 g/mol. The van der Waals surface area contributed by atoms with Crippen LogP contribution in [0.2, 0.25) is 0 Å². The van der Waals surface area contributed by atoms with E-state index in [1.807, 2.05) is 6.92 Å². The SMILES string of the molecule is CCC[C@]1(C(=O)OCC)N[C@H](c2ccc(O)cc2)[C@@H]2C(=O)N(C)C(=O)[C@H]21. The number of rotatable bonds is 5. The van der Waals surface area contributed by atoms with Crippen LogP contribution in [0, 0.1) is 11.8 Å². The average molecular weight is 360 g/mol. The smallest absolute Gasteiger partial charge is 0.327 e. The van der Waals surface area contributed by atoms with Crippen LogP contribution in [0.4, 0.5) is 0 Å². The lowest BCUT2D eigenvalue weighted by Gasteiger charge is -2.32. The number of hydrogen-bond donors (Lipinski definition) is 2. The second-order valence-corrected chi connectivity index (χ2v) is 6.89. The van der Waals surface area contributed by atoms with Crippen molar-refractivity contribution < 1.29 is 24.2 Å². The van der Waals surface area contributed by atoms with E-state index in [-0.39, 0.29) is 24.2 Å². The minimum Gasteiger partial charge on any atom is -0.508 e. The first-order chi connectivity index (χ1) is 12.4. The van der Waals surface area contributed by atoms with E-state index in [1.165, 1.54) is 19.2 Å². The minimum absolute atomic E-state index is 0.111. The number of fused-ring (bicyclic) bond motifs is 1. The normalized spacial score (nSPS) is 30.6. The van der Waals surface area contributed by atoms with E-state index in [9.17, 15) is 19.5 Å². The van der Waals surface area contributed by atoms with Gasteiger partial charge in [-0.3, -0.25) is 24.6 Å². The van der Waals surface area contributed by atoms with Gasteiger partial charge in [0, 0.05) is 13.1 Å². The fourth-order valence-corrected chi connectivity index (χ4v) is 4.29. The number of nitrogens with zero attached hydrogens (tertiary/aromatic N) is 1. The van der Waals surface area contributed by atoms with Gasteiger partial charge in [0.2, 0.25) is 11.8 Å². The summed E-state index contributed by atoms with van der Waals surface area (Å²) >= 11 is 0. The highest BCUT2D eigenvalue weighted by Crippen LogP contribution is 2.50. The number of aromatic hydroxyl groups is 1. The van der Waals surface area contributed by atoms with Crippen LogP contribution in [0.25, 0.3) is 0 Å². The number of phenolic OH excluding ortho intramolecular Hbond substituents is 1. The zero-order valence-electron chi connectivity index (χ0n) is 15.2. The number of likely N-dealkylation sites (tertiary alicyclic amines) is 1. The molecule has 7 heteroatoms. The topological polar surface area (TPSA) is 95.9 Å². The third kappa shape index (κ3) is 2.58. The summed E-state index contributed by atoms with van der Waals surface area (Å²) in [7, 11) is 1.46. The third-order valence-electron chi connectivity index (χ3n) is 5.41. The van der Waals surface area contributed by atoms with Gasteiger partial charge in [0.15, 0.2) is 0 Å². The molecule has 4 atom stereocenters. The maximum absolute atomic E-state index is 12.9. The maximum Gasteiger partial charge on any atom is 0.327 e. The van der Waals surface area contributed by atoms with Gasteiger partial charge < -0.3 is 9.84 Å². The molecule has 0 unspecified atom stereocenters. The van der Waals surface area contributed by atoms with Crippen molar-refractivity contribution in [3.05, 3.63) is 29.8 Å². The van der Waals surface area contributed by atoms with Crippen molar-refractivity contribution >= 4 is 17.8 Å². The molecule has 26 heavy (non-hydrogen) atoms. The van der Waals surface area contributed by atoms with Crippen LogP contribution >= 0.6 is 0 Å². The zero-order chi connectivity index (χ0) is 19.1. The summed E-state index contributed by atoms with van der Waals surface area (Å²) in [4.78, 5) is 39.6. The Bertz CT molecular complexity index is 732. The highest BCUT2D eigenvalue weighted by Gasteiger charge is 2.67. The molecule has 2 N–H and O–H groups in total. The van der Waals surface area contributed by atoms with Crippen molar-refractivity contribution in [3.63, 3.8) is 0 Å². The molecule has 0 radical (unpaired) electrons. The number of nitrogens with one attached hydrogen (secondary N) is 1. The van der Waals surface area contributed by atoms with Crippen LogP contribution in [0.5, 0.6) is 5.75 Å². The summed E-state index contributed by atoms with van der Waals surface area (Å²) in [5.41, 5.74) is -0.480. The monoisotopic (exact) mass is 360 g/mol. The number of ether oxygens (including phenoxy) is 1. The van der Waals surface area contributed by atoms with E-state index < -0.39 is 29.4 Å². The second kappa shape index (κ2) is 6.72. The molecule has 0 bridgehead atoms. The molecule has 7 nitrogen and oxygen atoms in total. The summed E-state index contributed by atoms with van der Waals surface area (Å²) < 4.78 is 5.29. The van der Waals surface area contributed by atoms with Gasteiger partial charge in [0.1, 0.15) is 11.3 Å². The molecule has 2 heterocycles. The van der Waals surface area contributed by atoms with Crippen LogP contribution in [-0.4, -0.2) is 47.0 Å². The average Bonchev–Trinajstić information content (AvgIpc) is 3.07. The lowest BCUT2D eigenvalue weighted by molar-refractivity contribution is -0.156. The lowest BCUT2D eigenvalue weighted by Crippen LogP contribution is -2.56. The fraction of sp³-hybridized carbons (Fsp3) is 0.526. The summed E-state index contributed by atoms with van der Waals surface area (Å²) in [6.07, 6.45) is 1.05. The van der Waals surface area contributed by atoms with Gasteiger partial charge in [-0.2, -0.15) is 0 Å². The number of phenols is 1. The molecule has 1 aromatic rings. The Balaban J connectivity index is 2.11. The summed E-state index contributed by atoms with van der Waals surface area (Å²) in [5.74, 6) is -2.50.